The van der Waals surface area contributed by atoms with Crippen molar-refractivity contribution in [3.63, 3.8) is 0 Å². The van der Waals surface area contributed by atoms with E-state index in [0.29, 0.717) is 22.8 Å². The molecule has 2 aromatic rings. The summed E-state index contributed by atoms with van der Waals surface area (Å²) in [4.78, 5) is 16.0. The molecule has 100 valence electrons. The Morgan fingerprint density at radius 3 is 2.74 bits per heavy atom. The molecule has 0 amide bonds. The lowest BCUT2D eigenvalue weighted by molar-refractivity contribution is 0.0873. The van der Waals surface area contributed by atoms with Gasteiger partial charge in [0.2, 0.25) is 11.9 Å². The smallest absolute Gasteiger partial charge is 0.250 e. The maximum Gasteiger partial charge on any atom is 0.250 e. The van der Waals surface area contributed by atoms with Crippen LogP contribution in [0.1, 0.15) is 25.1 Å². The first kappa shape index (κ1) is 13.5. The molecule has 0 bridgehead atoms. The second-order valence-corrected chi connectivity index (χ2v) is 5.08. The van der Waals surface area contributed by atoms with E-state index in [-0.39, 0.29) is 17.8 Å². The molecule has 0 aliphatic carbocycles. The quantitative estimate of drug-likeness (QED) is 0.937. The van der Waals surface area contributed by atoms with Crippen LogP contribution in [0.25, 0.3) is 11.4 Å². The predicted octanol–water partition coefficient (Wildman–Crippen LogP) is 2.87. The minimum atomic E-state index is -0.168. The maximum atomic E-state index is 12.0. The van der Waals surface area contributed by atoms with Gasteiger partial charge in [-0.15, -0.1) is 5.10 Å². The zero-order valence-electron chi connectivity index (χ0n) is 10.8. The van der Waals surface area contributed by atoms with E-state index in [4.69, 9.17) is 17.3 Å². The number of carbonyl (C=O) groups excluding carboxylic acids is 1. The molecule has 2 rings (SSSR count). The molecule has 6 heteroatoms. The number of anilines is 1. The van der Waals surface area contributed by atoms with E-state index in [9.17, 15) is 4.79 Å². The van der Waals surface area contributed by atoms with Crippen LogP contribution < -0.4 is 5.73 Å². The zero-order valence-corrected chi connectivity index (χ0v) is 11.6. The van der Waals surface area contributed by atoms with Crippen LogP contribution >= 0.6 is 11.6 Å². The molecular formula is C13H15ClN4O. The zero-order chi connectivity index (χ0) is 14.0. The summed E-state index contributed by atoms with van der Waals surface area (Å²) in [5.74, 6) is 0.513. The van der Waals surface area contributed by atoms with Gasteiger partial charge in [0.25, 0.3) is 0 Å². The number of benzene rings is 1. The van der Waals surface area contributed by atoms with Gasteiger partial charge in [-0.2, -0.15) is 9.67 Å². The number of nitrogens with two attached hydrogens (primary N) is 1. The summed E-state index contributed by atoms with van der Waals surface area (Å²) in [6.45, 7) is 3.92. The number of nitrogen functional groups attached to an aromatic ring is 1. The highest BCUT2D eigenvalue weighted by Gasteiger charge is 2.17. The molecule has 0 saturated carbocycles. The van der Waals surface area contributed by atoms with Gasteiger partial charge in [0.05, 0.1) is 5.02 Å². The third kappa shape index (κ3) is 2.93. The molecule has 0 aliphatic rings. The Morgan fingerprint density at radius 2 is 2.11 bits per heavy atom. The molecule has 0 aliphatic heterocycles. The summed E-state index contributed by atoms with van der Waals surface area (Å²) < 4.78 is 1.14. The Hall–Kier alpha value is -1.88. The van der Waals surface area contributed by atoms with Crippen LogP contribution in [0.4, 0.5) is 5.95 Å². The largest absolute Gasteiger partial charge is 0.368 e. The van der Waals surface area contributed by atoms with Gasteiger partial charge in [-0.3, -0.25) is 4.79 Å². The van der Waals surface area contributed by atoms with E-state index < -0.39 is 0 Å². The van der Waals surface area contributed by atoms with Crippen molar-refractivity contribution in [3.8, 4) is 11.4 Å². The van der Waals surface area contributed by atoms with Gasteiger partial charge in [0.1, 0.15) is 0 Å². The van der Waals surface area contributed by atoms with Gasteiger partial charge < -0.3 is 5.73 Å². The molecule has 19 heavy (non-hydrogen) atoms. The maximum absolute atomic E-state index is 12.0. The topological polar surface area (TPSA) is 73.8 Å². The summed E-state index contributed by atoms with van der Waals surface area (Å²) in [5, 5.41) is 4.66. The van der Waals surface area contributed by atoms with Crippen molar-refractivity contribution in [1.82, 2.24) is 14.8 Å². The minimum absolute atomic E-state index is 0.0839. The van der Waals surface area contributed by atoms with Crippen LogP contribution in [0.5, 0.6) is 0 Å². The Labute approximate surface area is 116 Å². The van der Waals surface area contributed by atoms with Gasteiger partial charge in [0.15, 0.2) is 5.82 Å². The van der Waals surface area contributed by atoms with E-state index in [1.54, 1.807) is 12.1 Å². The Kier molecular flexibility index (Phi) is 3.85. The van der Waals surface area contributed by atoms with Crippen LogP contribution in [0, 0.1) is 5.92 Å². The first-order valence-corrected chi connectivity index (χ1v) is 6.37. The normalized spacial score (nSPS) is 10.9. The van der Waals surface area contributed by atoms with E-state index in [1.807, 2.05) is 26.0 Å². The van der Waals surface area contributed by atoms with E-state index in [1.165, 1.54) is 0 Å². The van der Waals surface area contributed by atoms with Gasteiger partial charge in [0, 0.05) is 12.0 Å². The third-order valence-electron chi connectivity index (χ3n) is 2.57. The van der Waals surface area contributed by atoms with Gasteiger partial charge >= 0.3 is 0 Å². The first-order chi connectivity index (χ1) is 8.99. The van der Waals surface area contributed by atoms with Crippen molar-refractivity contribution < 1.29 is 4.79 Å². The van der Waals surface area contributed by atoms with Gasteiger partial charge in [-0.25, -0.2) is 0 Å². The minimum Gasteiger partial charge on any atom is -0.368 e. The van der Waals surface area contributed by atoms with Crippen LogP contribution in [-0.2, 0) is 0 Å². The molecule has 0 spiro atoms. The van der Waals surface area contributed by atoms with Crippen LogP contribution in [-0.4, -0.2) is 20.7 Å². The molecule has 5 nitrogen and oxygen atoms in total. The molecule has 0 saturated heterocycles. The number of aromatic nitrogens is 3. The lowest BCUT2D eigenvalue weighted by atomic mass is 10.1. The van der Waals surface area contributed by atoms with Crippen LogP contribution in [0.3, 0.4) is 0 Å². The highest BCUT2D eigenvalue weighted by Crippen LogP contribution is 2.25. The number of hydrogen-bond acceptors (Lipinski definition) is 4. The van der Waals surface area contributed by atoms with Crippen LogP contribution in [0.2, 0.25) is 5.02 Å². The highest BCUT2D eigenvalue weighted by molar-refractivity contribution is 6.33. The number of nitrogens with zero attached hydrogens (tertiary/aromatic N) is 3. The standard InChI is InChI=1S/C13H15ClN4O/c1-8(2)7-11(19)18-13(15)16-12(17-18)9-5-3-4-6-10(9)14/h3-6,8H,7H2,1-2H3,(H2,15,16,17). The molecule has 1 aromatic heterocycles. The third-order valence-corrected chi connectivity index (χ3v) is 2.90. The second-order valence-electron chi connectivity index (χ2n) is 4.68. The van der Waals surface area contributed by atoms with E-state index in [2.05, 4.69) is 10.1 Å². The monoisotopic (exact) mass is 278 g/mol. The summed E-state index contributed by atoms with van der Waals surface area (Å²) in [5.41, 5.74) is 6.39. The molecular weight excluding hydrogens is 264 g/mol. The van der Waals surface area contributed by atoms with Crippen molar-refractivity contribution in [2.24, 2.45) is 5.92 Å². The summed E-state index contributed by atoms with van der Waals surface area (Å²) in [6, 6.07) is 7.17. The Balaban J connectivity index is 2.37. The van der Waals surface area contributed by atoms with Crippen molar-refractivity contribution in [3.05, 3.63) is 29.3 Å². The molecule has 0 fully saturated rings. The molecule has 1 heterocycles. The Bertz CT molecular complexity index is 606. The average Bonchev–Trinajstić information content (AvgIpc) is 2.71. The van der Waals surface area contributed by atoms with Crippen molar-refractivity contribution in [1.29, 1.82) is 0 Å². The molecule has 0 atom stereocenters. The first-order valence-electron chi connectivity index (χ1n) is 5.99. The number of halogens is 1. The second kappa shape index (κ2) is 5.40. The van der Waals surface area contributed by atoms with Crippen molar-refractivity contribution in [2.75, 3.05) is 5.73 Å². The number of carbonyl (C=O) groups is 1. The van der Waals surface area contributed by atoms with Crippen molar-refractivity contribution >= 4 is 23.5 Å². The number of rotatable bonds is 3. The van der Waals surface area contributed by atoms with Crippen molar-refractivity contribution in [2.45, 2.75) is 20.3 Å². The molecule has 2 N–H and O–H groups in total. The van der Waals surface area contributed by atoms with E-state index in [0.717, 1.165) is 4.68 Å². The van der Waals surface area contributed by atoms with Gasteiger partial charge in [-0.1, -0.05) is 37.6 Å². The fourth-order valence-electron chi connectivity index (χ4n) is 1.70. The van der Waals surface area contributed by atoms with E-state index >= 15 is 0 Å². The predicted molar refractivity (Wildman–Crippen MR) is 75.0 cm³/mol. The lowest BCUT2D eigenvalue weighted by Crippen LogP contribution is -2.17. The molecule has 0 unspecified atom stereocenters. The number of hydrogen-bond donors (Lipinski definition) is 1. The average molecular weight is 279 g/mol. The fraction of sp³-hybridized carbons (Fsp3) is 0.308. The lowest BCUT2D eigenvalue weighted by Gasteiger charge is -2.03. The highest BCUT2D eigenvalue weighted by atomic mass is 35.5. The summed E-state index contributed by atoms with van der Waals surface area (Å²) >= 11 is 6.07. The fourth-order valence-corrected chi connectivity index (χ4v) is 1.92. The summed E-state index contributed by atoms with van der Waals surface area (Å²) in [7, 11) is 0. The Morgan fingerprint density at radius 1 is 1.42 bits per heavy atom. The van der Waals surface area contributed by atoms with Crippen LogP contribution in [0.15, 0.2) is 24.3 Å². The summed E-state index contributed by atoms with van der Waals surface area (Å²) in [6.07, 6.45) is 0.371. The van der Waals surface area contributed by atoms with Gasteiger partial charge in [-0.05, 0) is 18.1 Å². The molecule has 1 aromatic carbocycles. The molecule has 0 radical (unpaired) electrons. The SMILES string of the molecule is CC(C)CC(=O)n1nc(-c2ccccc2Cl)nc1N.